The quantitative estimate of drug-likeness (QED) is 0.471. The Balaban J connectivity index is 2.01. The lowest BCUT2D eigenvalue weighted by Gasteiger charge is -2.06. The van der Waals surface area contributed by atoms with Gasteiger partial charge in [0.25, 0.3) is 0 Å². The molecule has 2 aromatic rings. The number of ether oxygens (including phenoxy) is 2. The minimum absolute atomic E-state index is 0.112. The van der Waals surface area contributed by atoms with Crippen molar-refractivity contribution >= 4 is 11.9 Å². The predicted molar refractivity (Wildman–Crippen MR) is 82.8 cm³/mol. The summed E-state index contributed by atoms with van der Waals surface area (Å²) in [5.41, 5.74) is 0.170. The van der Waals surface area contributed by atoms with Crippen LogP contribution in [0.15, 0.2) is 54.6 Å². The molecule has 4 nitrogen and oxygen atoms in total. The van der Waals surface area contributed by atoms with E-state index in [-0.39, 0.29) is 17.1 Å². The van der Waals surface area contributed by atoms with E-state index in [0.717, 1.165) is 18.2 Å². The summed E-state index contributed by atoms with van der Waals surface area (Å²) >= 11 is 0. The lowest BCUT2D eigenvalue weighted by molar-refractivity contribution is -0.129. The van der Waals surface area contributed by atoms with Crippen LogP contribution in [0.1, 0.15) is 23.7 Å². The number of esters is 2. The molecule has 24 heavy (non-hydrogen) atoms. The van der Waals surface area contributed by atoms with Crippen LogP contribution in [0.2, 0.25) is 0 Å². The van der Waals surface area contributed by atoms with Crippen LogP contribution in [0.25, 0.3) is 0 Å². The van der Waals surface area contributed by atoms with E-state index >= 15 is 0 Å². The van der Waals surface area contributed by atoms with Gasteiger partial charge in [-0.2, -0.15) is 0 Å². The van der Waals surface area contributed by atoms with Gasteiger partial charge in [0.05, 0.1) is 5.56 Å². The molecule has 124 valence electrons. The normalized spacial score (nSPS) is 10.6. The van der Waals surface area contributed by atoms with Gasteiger partial charge in [-0.3, -0.25) is 0 Å². The summed E-state index contributed by atoms with van der Waals surface area (Å²) in [5.74, 6) is -3.25. The van der Waals surface area contributed by atoms with Crippen molar-refractivity contribution in [1.82, 2.24) is 0 Å². The third-order valence-electron chi connectivity index (χ3n) is 2.90. The van der Waals surface area contributed by atoms with Gasteiger partial charge in [-0.25, -0.2) is 18.4 Å². The summed E-state index contributed by atoms with van der Waals surface area (Å²) in [6.07, 6.45) is 3.69. The monoisotopic (exact) mass is 332 g/mol. The second kappa shape index (κ2) is 8.01. The molecule has 2 aromatic carbocycles. The first-order valence-electron chi connectivity index (χ1n) is 7.15. The predicted octanol–water partition coefficient (Wildman–Crippen LogP) is 4.06. The molecule has 0 spiro atoms. The Hall–Kier alpha value is -3.02. The molecule has 0 aliphatic carbocycles. The fourth-order valence-corrected chi connectivity index (χ4v) is 1.73. The standard InChI is InChI=1S/C18H14F2O4/c1-2-3-4-17(21)23-13-7-5-12(6-8-13)18(22)24-14-9-10-15(19)16(20)11-14/h3-11H,2H2,1H3/b4-3+. The molecule has 0 aliphatic heterocycles. The average molecular weight is 332 g/mol. The first-order chi connectivity index (χ1) is 11.5. The average Bonchev–Trinajstić information content (AvgIpc) is 2.57. The van der Waals surface area contributed by atoms with Gasteiger partial charge in [-0.05, 0) is 42.8 Å². The van der Waals surface area contributed by atoms with Crippen LogP contribution >= 0.6 is 0 Å². The van der Waals surface area contributed by atoms with Crippen LogP contribution in [0, 0.1) is 11.6 Å². The van der Waals surface area contributed by atoms with Crippen LogP contribution in [0.3, 0.4) is 0 Å². The van der Waals surface area contributed by atoms with E-state index in [1.54, 1.807) is 6.08 Å². The number of benzene rings is 2. The highest BCUT2D eigenvalue weighted by molar-refractivity contribution is 5.91. The number of carbonyl (C=O) groups excluding carboxylic acids is 2. The molecular formula is C18H14F2O4. The van der Waals surface area contributed by atoms with Crippen LogP contribution in [0.4, 0.5) is 8.78 Å². The van der Waals surface area contributed by atoms with Crippen molar-refractivity contribution in [1.29, 1.82) is 0 Å². The van der Waals surface area contributed by atoms with Gasteiger partial charge >= 0.3 is 11.9 Å². The molecule has 0 atom stereocenters. The Bertz CT molecular complexity index is 767. The van der Waals surface area contributed by atoms with Gasteiger partial charge < -0.3 is 9.47 Å². The summed E-state index contributed by atoms with van der Waals surface area (Å²) < 4.78 is 35.9. The fraction of sp³-hybridized carbons (Fsp3) is 0.111. The van der Waals surface area contributed by atoms with E-state index in [9.17, 15) is 18.4 Å². The molecule has 0 saturated heterocycles. The lowest BCUT2D eigenvalue weighted by Crippen LogP contribution is -2.09. The molecule has 0 heterocycles. The number of carbonyl (C=O) groups is 2. The molecule has 0 amide bonds. The summed E-state index contributed by atoms with van der Waals surface area (Å²) in [7, 11) is 0. The molecule has 2 rings (SSSR count). The zero-order valence-corrected chi connectivity index (χ0v) is 12.8. The minimum Gasteiger partial charge on any atom is -0.423 e. The number of halogens is 2. The Labute approximate surface area is 137 Å². The van der Waals surface area contributed by atoms with E-state index in [0.29, 0.717) is 6.42 Å². The fourth-order valence-electron chi connectivity index (χ4n) is 1.73. The van der Waals surface area contributed by atoms with Crippen LogP contribution < -0.4 is 9.47 Å². The molecule has 6 heteroatoms. The maximum absolute atomic E-state index is 13.1. The van der Waals surface area contributed by atoms with Crippen molar-refractivity contribution < 1.29 is 27.8 Å². The molecule has 0 saturated carbocycles. The van der Waals surface area contributed by atoms with E-state index in [1.165, 1.54) is 30.3 Å². The maximum Gasteiger partial charge on any atom is 0.343 e. The highest BCUT2D eigenvalue weighted by Crippen LogP contribution is 2.18. The second-order valence-electron chi connectivity index (χ2n) is 4.72. The molecule has 0 fully saturated rings. The summed E-state index contributed by atoms with van der Waals surface area (Å²) in [5, 5.41) is 0. The first-order valence-corrected chi connectivity index (χ1v) is 7.15. The van der Waals surface area contributed by atoms with Crippen molar-refractivity contribution in [3.05, 3.63) is 71.8 Å². The largest absolute Gasteiger partial charge is 0.423 e. The Kier molecular flexibility index (Phi) is 5.78. The SMILES string of the molecule is CC/C=C/C(=O)Oc1ccc(C(=O)Oc2ccc(F)c(F)c2)cc1. The van der Waals surface area contributed by atoms with Gasteiger partial charge in [0.2, 0.25) is 0 Å². The van der Waals surface area contributed by atoms with E-state index in [2.05, 4.69) is 0 Å². The Morgan fingerprint density at radius 3 is 2.25 bits per heavy atom. The van der Waals surface area contributed by atoms with Crippen molar-refractivity contribution in [2.75, 3.05) is 0 Å². The third-order valence-corrected chi connectivity index (χ3v) is 2.90. The van der Waals surface area contributed by atoms with Crippen LogP contribution in [0.5, 0.6) is 11.5 Å². The first kappa shape index (κ1) is 17.3. The van der Waals surface area contributed by atoms with Crippen molar-refractivity contribution in [2.45, 2.75) is 13.3 Å². The summed E-state index contributed by atoms with van der Waals surface area (Å²) in [6.45, 7) is 1.89. The number of hydrogen-bond acceptors (Lipinski definition) is 4. The van der Waals surface area contributed by atoms with Gasteiger partial charge in [0.1, 0.15) is 11.5 Å². The van der Waals surface area contributed by atoms with Gasteiger partial charge in [0.15, 0.2) is 11.6 Å². The van der Waals surface area contributed by atoms with Crippen molar-refractivity contribution in [2.24, 2.45) is 0 Å². The van der Waals surface area contributed by atoms with Gasteiger partial charge in [-0.1, -0.05) is 13.0 Å². The Morgan fingerprint density at radius 1 is 0.958 bits per heavy atom. The van der Waals surface area contributed by atoms with E-state index < -0.39 is 23.6 Å². The second-order valence-corrected chi connectivity index (χ2v) is 4.72. The zero-order valence-electron chi connectivity index (χ0n) is 12.8. The van der Waals surface area contributed by atoms with Crippen LogP contribution in [-0.4, -0.2) is 11.9 Å². The molecule has 0 unspecified atom stereocenters. The smallest absolute Gasteiger partial charge is 0.343 e. The summed E-state index contributed by atoms with van der Waals surface area (Å²) in [6, 6.07) is 8.45. The minimum atomic E-state index is -1.11. The molecular weight excluding hydrogens is 318 g/mol. The molecule has 0 bridgehead atoms. The number of hydrogen-bond donors (Lipinski definition) is 0. The zero-order chi connectivity index (χ0) is 17.5. The topological polar surface area (TPSA) is 52.6 Å². The number of rotatable bonds is 5. The Morgan fingerprint density at radius 2 is 1.62 bits per heavy atom. The van der Waals surface area contributed by atoms with Gasteiger partial charge in [-0.15, -0.1) is 0 Å². The lowest BCUT2D eigenvalue weighted by atomic mass is 10.2. The highest BCUT2D eigenvalue weighted by Gasteiger charge is 2.11. The van der Waals surface area contributed by atoms with Crippen LogP contribution in [-0.2, 0) is 4.79 Å². The van der Waals surface area contributed by atoms with E-state index in [4.69, 9.17) is 9.47 Å². The maximum atomic E-state index is 13.1. The van der Waals surface area contributed by atoms with Gasteiger partial charge in [0, 0.05) is 12.1 Å². The summed E-state index contributed by atoms with van der Waals surface area (Å²) in [4.78, 5) is 23.4. The molecule has 0 aromatic heterocycles. The molecule has 0 radical (unpaired) electrons. The van der Waals surface area contributed by atoms with Crippen molar-refractivity contribution in [3.63, 3.8) is 0 Å². The van der Waals surface area contributed by atoms with Crippen molar-refractivity contribution in [3.8, 4) is 11.5 Å². The molecule has 0 aliphatic rings. The third kappa shape index (κ3) is 4.74. The van der Waals surface area contributed by atoms with E-state index in [1.807, 2.05) is 6.92 Å². The number of allylic oxidation sites excluding steroid dienone is 1. The highest BCUT2D eigenvalue weighted by atomic mass is 19.2. The molecule has 0 N–H and O–H groups in total.